The number of carbonyl (C=O) groups is 5. The lowest BCUT2D eigenvalue weighted by molar-refractivity contribution is -0.145. The zero-order valence-electron chi connectivity index (χ0n) is 14.1. The highest BCUT2D eigenvalue weighted by molar-refractivity contribution is 6.45. The van der Waals surface area contributed by atoms with Crippen molar-refractivity contribution in [2.45, 2.75) is 57.5 Å². The van der Waals surface area contributed by atoms with Crippen LogP contribution in [0, 0.1) is 5.92 Å². The fraction of sp³-hybridized carbons (Fsp3) is 0.688. The molecule has 0 radical (unpaired) electrons. The summed E-state index contributed by atoms with van der Waals surface area (Å²) in [6, 6.07) is -1.67. The molecule has 9 heteroatoms. The molecule has 0 aromatic carbocycles. The molecule has 2 aliphatic carbocycles. The van der Waals surface area contributed by atoms with Crippen LogP contribution in [0.2, 0.25) is 0 Å². The summed E-state index contributed by atoms with van der Waals surface area (Å²) in [6.07, 6.45) is 5.21. The largest absolute Gasteiger partial charge is 0.335 e. The molecular weight excluding hydrogens is 328 g/mol. The summed E-state index contributed by atoms with van der Waals surface area (Å²) in [4.78, 5) is 61.9. The van der Waals surface area contributed by atoms with Crippen molar-refractivity contribution in [3.63, 3.8) is 0 Å². The number of hydrogen-bond acceptors (Lipinski definition) is 5. The van der Waals surface area contributed by atoms with Gasteiger partial charge in [-0.25, -0.2) is 14.5 Å². The number of hydrogen-bond donors (Lipinski definition) is 2. The molecule has 136 valence electrons. The van der Waals surface area contributed by atoms with E-state index in [9.17, 15) is 24.0 Å². The Morgan fingerprint density at radius 3 is 2.36 bits per heavy atom. The Hall–Kier alpha value is -2.45. The number of carbonyl (C=O) groups excluding carboxylic acids is 5. The predicted molar refractivity (Wildman–Crippen MR) is 85.1 cm³/mol. The van der Waals surface area contributed by atoms with Crippen LogP contribution < -0.4 is 10.6 Å². The fourth-order valence-electron chi connectivity index (χ4n) is 3.39. The second-order valence-corrected chi connectivity index (χ2v) is 6.97. The van der Waals surface area contributed by atoms with Crippen molar-refractivity contribution >= 4 is 29.8 Å². The van der Waals surface area contributed by atoms with E-state index in [4.69, 9.17) is 0 Å². The van der Waals surface area contributed by atoms with E-state index in [2.05, 4.69) is 10.6 Å². The van der Waals surface area contributed by atoms with Crippen molar-refractivity contribution in [1.82, 2.24) is 20.4 Å². The molecule has 0 unspecified atom stereocenters. The maximum Gasteiger partial charge on any atom is 0.334 e. The Kier molecular flexibility index (Phi) is 4.73. The minimum absolute atomic E-state index is 0.0766. The lowest BCUT2D eigenvalue weighted by atomic mass is 9.85. The Bertz CT molecular complexity index is 630. The number of rotatable bonds is 4. The van der Waals surface area contributed by atoms with Crippen LogP contribution in [0.5, 0.6) is 0 Å². The molecule has 3 rings (SSSR count). The third-order valence-electron chi connectivity index (χ3n) is 4.95. The van der Waals surface area contributed by atoms with Gasteiger partial charge in [0.05, 0.1) is 0 Å². The van der Waals surface area contributed by atoms with Gasteiger partial charge in [-0.15, -0.1) is 0 Å². The molecule has 0 aromatic heterocycles. The van der Waals surface area contributed by atoms with Crippen molar-refractivity contribution in [1.29, 1.82) is 0 Å². The Morgan fingerprint density at radius 2 is 1.72 bits per heavy atom. The highest BCUT2D eigenvalue weighted by atomic mass is 16.2. The standard InChI is InChI=1S/C16H22N4O5/c1-9-4-2-3-5-11(9)20-14(23)13(22)19(16(20)25)8-12(21)18-15(24)17-10-6-7-10/h9-11H,2-8H2,1H3,(H2,17,18,21,24)/t9-,11-/m1/s1. The molecule has 9 nitrogen and oxygen atoms in total. The second-order valence-electron chi connectivity index (χ2n) is 6.97. The Morgan fingerprint density at radius 1 is 1.04 bits per heavy atom. The van der Waals surface area contributed by atoms with Gasteiger partial charge in [0.1, 0.15) is 6.54 Å². The molecule has 1 heterocycles. The molecular formula is C16H22N4O5. The van der Waals surface area contributed by atoms with Crippen molar-refractivity contribution < 1.29 is 24.0 Å². The lowest BCUT2D eigenvalue weighted by Gasteiger charge is -2.34. The number of amides is 7. The van der Waals surface area contributed by atoms with Crippen molar-refractivity contribution in [3.05, 3.63) is 0 Å². The average molecular weight is 350 g/mol. The van der Waals surface area contributed by atoms with E-state index in [-0.39, 0.29) is 18.0 Å². The van der Waals surface area contributed by atoms with Gasteiger partial charge >= 0.3 is 23.9 Å². The maximum atomic E-state index is 12.5. The van der Waals surface area contributed by atoms with Crippen LogP contribution in [-0.4, -0.2) is 58.2 Å². The van der Waals surface area contributed by atoms with E-state index in [1.165, 1.54) is 0 Å². The number of nitrogens with zero attached hydrogens (tertiary/aromatic N) is 2. The molecule has 3 aliphatic rings. The van der Waals surface area contributed by atoms with Gasteiger partial charge in [0.2, 0.25) is 5.91 Å². The van der Waals surface area contributed by atoms with Gasteiger partial charge in [0, 0.05) is 12.1 Å². The van der Waals surface area contributed by atoms with Crippen LogP contribution in [0.1, 0.15) is 45.4 Å². The summed E-state index contributed by atoms with van der Waals surface area (Å²) >= 11 is 0. The summed E-state index contributed by atoms with van der Waals surface area (Å²) in [7, 11) is 0. The first-order chi connectivity index (χ1) is 11.9. The van der Waals surface area contributed by atoms with Gasteiger partial charge in [0.15, 0.2) is 0 Å². The first kappa shape index (κ1) is 17.4. The minimum Gasteiger partial charge on any atom is -0.335 e. The van der Waals surface area contributed by atoms with E-state index in [0.29, 0.717) is 11.3 Å². The predicted octanol–water partition coefficient (Wildman–Crippen LogP) is 0.344. The highest BCUT2D eigenvalue weighted by Gasteiger charge is 2.49. The van der Waals surface area contributed by atoms with E-state index in [1.54, 1.807) is 0 Å². The third kappa shape index (κ3) is 3.64. The average Bonchev–Trinajstić information content (AvgIpc) is 3.34. The van der Waals surface area contributed by atoms with Gasteiger partial charge < -0.3 is 5.32 Å². The van der Waals surface area contributed by atoms with Crippen LogP contribution in [-0.2, 0) is 14.4 Å². The van der Waals surface area contributed by atoms with E-state index in [1.807, 2.05) is 6.92 Å². The summed E-state index contributed by atoms with van der Waals surface area (Å²) in [5, 5.41) is 4.64. The first-order valence-corrected chi connectivity index (χ1v) is 8.68. The summed E-state index contributed by atoms with van der Waals surface area (Å²) in [6.45, 7) is 1.31. The second kappa shape index (κ2) is 6.81. The smallest absolute Gasteiger partial charge is 0.334 e. The molecule has 1 aliphatic heterocycles. The number of imide groups is 3. The molecule has 2 N–H and O–H groups in total. The van der Waals surface area contributed by atoms with E-state index < -0.39 is 36.3 Å². The summed E-state index contributed by atoms with van der Waals surface area (Å²) in [5.74, 6) is -2.58. The van der Waals surface area contributed by atoms with Crippen molar-refractivity contribution in [3.8, 4) is 0 Å². The molecule has 7 amide bonds. The summed E-state index contributed by atoms with van der Waals surface area (Å²) in [5.41, 5.74) is 0. The van der Waals surface area contributed by atoms with E-state index >= 15 is 0 Å². The quantitative estimate of drug-likeness (QED) is 0.560. The van der Waals surface area contributed by atoms with Crippen LogP contribution >= 0.6 is 0 Å². The Labute approximate surface area is 145 Å². The molecule has 0 spiro atoms. The van der Waals surface area contributed by atoms with Crippen LogP contribution in [0.25, 0.3) is 0 Å². The first-order valence-electron chi connectivity index (χ1n) is 8.68. The zero-order chi connectivity index (χ0) is 18.1. The molecule has 2 saturated carbocycles. The highest BCUT2D eigenvalue weighted by Crippen LogP contribution is 2.31. The zero-order valence-corrected chi connectivity index (χ0v) is 14.1. The minimum atomic E-state index is -1.01. The summed E-state index contributed by atoms with van der Waals surface area (Å²) < 4.78 is 0. The Balaban J connectivity index is 1.62. The number of urea groups is 2. The fourth-order valence-corrected chi connectivity index (χ4v) is 3.39. The van der Waals surface area contributed by atoms with Crippen LogP contribution in [0.4, 0.5) is 9.59 Å². The third-order valence-corrected chi connectivity index (χ3v) is 4.95. The van der Waals surface area contributed by atoms with Gasteiger partial charge in [-0.2, -0.15) is 0 Å². The topological polar surface area (TPSA) is 116 Å². The molecule has 0 aromatic rings. The van der Waals surface area contributed by atoms with Gasteiger partial charge in [0.25, 0.3) is 0 Å². The maximum absolute atomic E-state index is 12.5. The monoisotopic (exact) mass is 350 g/mol. The van der Waals surface area contributed by atoms with E-state index in [0.717, 1.165) is 37.0 Å². The molecule has 1 saturated heterocycles. The van der Waals surface area contributed by atoms with Gasteiger partial charge in [-0.05, 0) is 31.6 Å². The number of nitrogens with one attached hydrogen (secondary N) is 2. The van der Waals surface area contributed by atoms with Crippen molar-refractivity contribution in [2.75, 3.05) is 6.54 Å². The molecule has 3 fully saturated rings. The normalized spacial score (nSPS) is 26.8. The van der Waals surface area contributed by atoms with Gasteiger partial charge in [-0.3, -0.25) is 24.6 Å². The lowest BCUT2D eigenvalue weighted by Crippen LogP contribution is -2.48. The van der Waals surface area contributed by atoms with Crippen LogP contribution in [0.15, 0.2) is 0 Å². The SMILES string of the molecule is C[C@@H]1CCCC[C@H]1N1C(=O)C(=O)N(CC(=O)NC(=O)NC2CC2)C1=O. The molecule has 25 heavy (non-hydrogen) atoms. The van der Waals surface area contributed by atoms with Gasteiger partial charge in [-0.1, -0.05) is 19.8 Å². The molecule has 0 bridgehead atoms. The molecule has 2 atom stereocenters. The van der Waals surface area contributed by atoms with Crippen LogP contribution in [0.3, 0.4) is 0 Å². The van der Waals surface area contributed by atoms with Crippen molar-refractivity contribution in [2.24, 2.45) is 5.92 Å².